The van der Waals surface area contributed by atoms with Crippen LogP contribution in [0, 0.1) is 5.92 Å². The van der Waals surface area contributed by atoms with E-state index in [0.717, 1.165) is 48.4 Å². The quantitative estimate of drug-likeness (QED) is 0.696. The van der Waals surface area contributed by atoms with E-state index in [0.29, 0.717) is 17.1 Å². The number of imide groups is 1. The highest BCUT2D eigenvalue weighted by Gasteiger charge is 2.42. The van der Waals surface area contributed by atoms with Crippen molar-refractivity contribution in [3.8, 4) is 0 Å². The number of nitrogens with zero attached hydrogens (tertiary/aromatic N) is 4. The summed E-state index contributed by atoms with van der Waals surface area (Å²) in [6.07, 6.45) is 9.70. The molecule has 1 aromatic heterocycles. The molecule has 8 nitrogen and oxygen atoms in total. The van der Waals surface area contributed by atoms with Crippen LogP contribution in [-0.4, -0.2) is 77.5 Å². The Kier molecular flexibility index (Phi) is 4.62. The second-order valence-corrected chi connectivity index (χ2v) is 8.79. The fourth-order valence-corrected chi connectivity index (χ4v) is 4.98. The molecule has 8 heteroatoms. The summed E-state index contributed by atoms with van der Waals surface area (Å²) in [4.78, 5) is 43.7. The second kappa shape index (κ2) is 7.67. The van der Waals surface area contributed by atoms with Crippen LogP contribution >= 0.6 is 0 Å². The van der Waals surface area contributed by atoms with Gasteiger partial charge in [0, 0.05) is 54.8 Å². The van der Waals surface area contributed by atoms with Gasteiger partial charge in [0.15, 0.2) is 0 Å². The molecule has 0 spiro atoms. The first-order valence-electron chi connectivity index (χ1n) is 11.2. The van der Waals surface area contributed by atoms with Gasteiger partial charge >= 0.3 is 0 Å². The van der Waals surface area contributed by atoms with Crippen molar-refractivity contribution in [1.82, 2.24) is 20.1 Å². The molecule has 0 bridgehead atoms. The summed E-state index contributed by atoms with van der Waals surface area (Å²) in [6.45, 7) is 3.50. The van der Waals surface area contributed by atoms with E-state index in [2.05, 4.69) is 27.1 Å². The van der Waals surface area contributed by atoms with Crippen LogP contribution in [0.25, 0.3) is 16.5 Å². The monoisotopic (exact) mass is 440 g/mol. The lowest BCUT2D eigenvalue weighted by Crippen LogP contribution is -2.49. The summed E-state index contributed by atoms with van der Waals surface area (Å²) in [5.41, 5.74) is 3.31. The summed E-state index contributed by atoms with van der Waals surface area (Å²) in [5.74, 6) is -0.318. The number of allylic oxidation sites excluding steroid dienone is 3. The zero-order valence-electron chi connectivity index (χ0n) is 18.3. The third kappa shape index (κ3) is 3.25. The number of aromatic amines is 1. The van der Waals surface area contributed by atoms with Crippen LogP contribution < -0.4 is 5.32 Å². The summed E-state index contributed by atoms with van der Waals surface area (Å²) in [6, 6.07) is 7.25. The molecule has 1 aliphatic carbocycles. The predicted molar refractivity (Wildman–Crippen MR) is 128 cm³/mol. The van der Waals surface area contributed by atoms with E-state index in [1.165, 1.54) is 0 Å². The van der Waals surface area contributed by atoms with Crippen LogP contribution in [0.1, 0.15) is 5.56 Å². The molecule has 6 rings (SSSR count). The van der Waals surface area contributed by atoms with E-state index in [9.17, 15) is 9.59 Å². The van der Waals surface area contributed by atoms with Gasteiger partial charge < -0.3 is 14.8 Å². The predicted octanol–water partition coefficient (Wildman–Crippen LogP) is 1.75. The van der Waals surface area contributed by atoms with Crippen molar-refractivity contribution in [2.24, 2.45) is 15.9 Å². The zero-order chi connectivity index (χ0) is 22.5. The number of carbonyl (C=O) groups excluding carboxylic acids is 2. The molecule has 1 saturated heterocycles. The normalized spacial score (nSPS) is 25.4. The molecule has 2 N–H and O–H groups in total. The maximum absolute atomic E-state index is 13.2. The van der Waals surface area contributed by atoms with Gasteiger partial charge in [0.25, 0.3) is 11.8 Å². The SMILES string of the molecule is CN1CCN(C2=NC(C3=C(c4c[nH]c5ccccc45)C(=O)NC3=O)C3C=CC=CC3=N2)CC1. The van der Waals surface area contributed by atoms with E-state index >= 15 is 0 Å². The van der Waals surface area contributed by atoms with Crippen LogP contribution in [0.3, 0.4) is 0 Å². The van der Waals surface area contributed by atoms with E-state index in [1.807, 2.05) is 48.6 Å². The minimum Gasteiger partial charge on any atom is -0.361 e. The van der Waals surface area contributed by atoms with Gasteiger partial charge in [0.1, 0.15) is 0 Å². The maximum Gasteiger partial charge on any atom is 0.259 e. The number of para-hydroxylation sites is 1. The van der Waals surface area contributed by atoms with Crippen molar-refractivity contribution < 1.29 is 9.59 Å². The number of fused-ring (bicyclic) bond motifs is 2. The van der Waals surface area contributed by atoms with Gasteiger partial charge in [-0.15, -0.1) is 0 Å². The molecule has 166 valence electrons. The molecule has 33 heavy (non-hydrogen) atoms. The lowest BCUT2D eigenvalue weighted by atomic mass is 9.83. The minimum absolute atomic E-state index is 0.196. The number of carbonyl (C=O) groups is 2. The van der Waals surface area contributed by atoms with Crippen LogP contribution in [0.15, 0.2) is 70.3 Å². The van der Waals surface area contributed by atoms with Crippen LogP contribution in [0.2, 0.25) is 0 Å². The van der Waals surface area contributed by atoms with Crippen molar-refractivity contribution in [3.05, 3.63) is 65.9 Å². The van der Waals surface area contributed by atoms with Gasteiger partial charge in [-0.3, -0.25) is 14.9 Å². The fourth-order valence-electron chi connectivity index (χ4n) is 4.98. The molecule has 4 heterocycles. The Labute approximate surface area is 191 Å². The molecular formula is C25H24N6O2. The molecule has 0 saturated carbocycles. The highest BCUT2D eigenvalue weighted by molar-refractivity contribution is 6.38. The number of aromatic nitrogens is 1. The third-order valence-corrected chi connectivity index (χ3v) is 6.77. The van der Waals surface area contributed by atoms with Crippen LogP contribution in [0.4, 0.5) is 0 Å². The summed E-state index contributed by atoms with van der Waals surface area (Å²) < 4.78 is 0. The largest absolute Gasteiger partial charge is 0.361 e. The molecule has 2 atom stereocenters. The van der Waals surface area contributed by atoms with Crippen molar-refractivity contribution in [2.45, 2.75) is 6.04 Å². The molecule has 2 amide bonds. The summed E-state index contributed by atoms with van der Waals surface area (Å²) in [7, 11) is 2.10. The fraction of sp³-hybridized carbons (Fsp3) is 0.280. The van der Waals surface area contributed by atoms with E-state index in [-0.39, 0.29) is 17.7 Å². The van der Waals surface area contributed by atoms with Crippen molar-refractivity contribution in [2.75, 3.05) is 33.2 Å². The van der Waals surface area contributed by atoms with Gasteiger partial charge in [-0.2, -0.15) is 0 Å². The highest BCUT2D eigenvalue weighted by atomic mass is 16.2. The number of amides is 2. The number of aliphatic imine (C=N–C) groups is 2. The number of benzene rings is 1. The van der Waals surface area contributed by atoms with E-state index in [1.54, 1.807) is 6.20 Å². The smallest absolute Gasteiger partial charge is 0.259 e. The zero-order valence-corrected chi connectivity index (χ0v) is 18.3. The van der Waals surface area contributed by atoms with Crippen molar-refractivity contribution >= 4 is 40.0 Å². The molecule has 0 radical (unpaired) electrons. The molecule has 3 aliphatic heterocycles. The van der Waals surface area contributed by atoms with E-state index in [4.69, 9.17) is 9.98 Å². The first-order valence-corrected chi connectivity index (χ1v) is 11.2. The van der Waals surface area contributed by atoms with Gasteiger partial charge in [0.2, 0.25) is 5.96 Å². The van der Waals surface area contributed by atoms with Crippen molar-refractivity contribution in [3.63, 3.8) is 0 Å². The van der Waals surface area contributed by atoms with Gasteiger partial charge in [0.05, 0.1) is 22.9 Å². The first-order chi connectivity index (χ1) is 16.1. The number of likely N-dealkylation sites (N-methyl/N-ethyl adjacent to an activating group) is 1. The Hall–Kier alpha value is -3.78. The third-order valence-electron chi connectivity index (χ3n) is 6.77. The Morgan fingerprint density at radius 2 is 1.85 bits per heavy atom. The first kappa shape index (κ1) is 19.9. The number of nitrogens with one attached hydrogen (secondary N) is 2. The average molecular weight is 441 g/mol. The Bertz CT molecular complexity index is 1320. The average Bonchev–Trinajstić information content (AvgIpc) is 3.38. The molecule has 1 fully saturated rings. The number of hydrogen-bond donors (Lipinski definition) is 2. The molecule has 2 unspecified atom stereocenters. The Morgan fingerprint density at radius 3 is 2.70 bits per heavy atom. The number of guanidine groups is 1. The number of hydrogen-bond acceptors (Lipinski definition) is 6. The van der Waals surface area contributed by atoms with Crippen molar-refractivity contribution in [1.29, 1.82) is 0 Å². The topological polar surface area (TPSA) is 93.2 Å². The standard InChI is InChI=1S/C25H24N6O2/c1-30-10-12-31(13-11-30)25-27-19-9-5-3-7-16(19)22(28-25)21-20(23(32)29-24(21)33)17-14-26-18-8-4-2-6-15(17)18/h2-9,14,16,22,26H,10-13H2,1H3,(H,29,32,33). The molecule has 1 aromatic carbocycles. The van der Waals surface area contributed by atoms with E-state index < -0.39 is 6.04 Å². The Morgan fingerprint density at radius 1 is 1.03 bits per heavy atom. The maximum atomic E-state index is 13.2. The van der Waals surface area contributed by atoms with Gasteiger partial charge in [-0.05, 0) is 19.2 Å². The molecule has 4 aliphatic rings. The number of H-pyrrole nitrogens is 1. The lowest BCUT2D eigenvalue weighted by molar-refractivity contribution is -0.123. The Balaban J connectivity index is 1.50. The van der Waals surface area contributed by atoms with Crippen LogP contribution in [-0.2, 0) is 9.59 Å². The van der Waals surface area contributed by atoms with Gasteiger partial charge in [-0.1, -0.05) is 36.4 Å². The number of piperazine rings is 1. The molecule has 2 aromatic rings. The second-order valence-electron chi connectivity index (χ2n) is 8.79. The highest BCUT2D eigenvalue weighted by Crippen LogP contribution is 2.37. The lowest BCUT2D eigenvalue weighted by Gasteiger charge is -2.36. The van der Waals surface area contributed by atoms with Gasteiger partial charge in [-0.25, -0.2) is 9.98 Å². The molecular weight excluding hydrogens is 416 g/mol. The van der Waals surface area contributed by atoms with Crippen LogP contribution in [0.5, 0.6) is 0 Å². The summed E-state index contributed by atoms with van der Waals surface area (Å²) >= 11 is 0. The number of rotatable bonds is 2. The summed E-state index contributed by atoms with van der Waals surface area (Å²) in [5, 5.41) is 3.43. The minimum atomic E-state index is -0.525.